The summed E-state index contributed by atoms with van der Waals surface area (Å²) >= 11 is 7.50. The van der Waals surface area contributed by atoms with Crippen LogP contribution in [0.3, 0.4) is 0 Å². The molecule has 100 valence electrons. The number of halogens is 1. The molecule has 0 amide bonds. The van der Waals surface area contributed by atoms with Gasteiger partial charge in [-0.15, -0.1) is 11.3 Å². The number of aromatic nitrogens is 2. The summed E-state index contributed by atoms with van der Waals surface area (Å²) in [5.74, 6) is 0. The first kappa shape index (κ1) is 13.1. The Morgan fingerprint density at radius 3 is 2.55 bits per heavy atom. The van der Waals surface area contributed by atoms with Gasteiger partial charge in [0.1, 0.15) is 5.01 Å². The molecule has 1 N–H and O–H groups in total. The molecule has 20 heavy (non-hydrogen) atoms. The fraction of sp³-hybridized carbons (Fsp3) is 0.0667. The van der Waals surface area contributed by atoms with Crippen LogP contribution in [0.4, 0.5) is 5.69 Å². The van der Waals surface area contributed by atoms with Crippen molar-refractivity contribution in [2.75, 3.05) is 5.32 Å². The van der Waals surface area contributed by atoms with Crippen LogP contribution in [-0.2, 0) is 6.54 Å². The smallest absolute Gasteiger partial charge is 0.123 e. The fourth-order valence-electron chi connectivity index (χ4n) is 1.78. The second-order valence-electron chi connectivity index (χ2n) is 4.24. The molecule has 0 saturated carbocycles. The lowest BCUT2D eigenvalue weighted by Gasteiger charge is -2.03. The van der Waals surface area contributed by atoms with Gasteiger partial charge in [0.05, 0.1) is 12.2 Å². The predicted molar refractivity (Wildman–Crippen MR) is 84.1 cm³/mol. The lowest BCUT2D eigenvalue weighted by Crippen LogP contribution is -1.99. The summed E-state index contributed by atoms with van der Waals surface area (Å²) in [6, 6.07) is 11.6. The van der Waals surface area contributed by atoms with Crippen molar-refractivity contribution in [1.82, 2.24) is 9.97 Å². The Morgan fingerprint density at radius 1 is 1.05 bits per heavy atom. The molecule has 3 aromatic rings. The summed E-state index contributed by atoms with van der Waals surface area (Å²) < 4.78 is 0. The molecule has 0 aliphatic carbocycles. The number of nitrogens with zero attached hydrogens (tertiary/aromatic N) is 2. The van der Waals surface area contributed by atoms with Gasteiger partial charge in [0, 0.05) is 34.0 Å². The van der Waals surface area contributed by atoms with Gasteiger partial charge in [0.25, 0.3) is 0 Å². The Labute approximate surface area is 126 Å². The third-order valence-corrected chi connectivity index (χ3v) is 3.99. The third kappa shape index (κ3) is 3.15. The van der Waals surface area contributed by atoms with E-state index in [2.05, 4.69) is 20.7 Å². The third-order valence-electron chi connectivity index (χ3n) is 2.80. The number of hydrogen-bond acceptors (Lipinski definition) is 4. The monoisotopic (exact) mass is 301 g/mol. The molecule has 3 nitrogen and oxygen atoms in total. The Hall–Kier alpha value is -1.91. The molecule has 2 heterocycles. The molecule has 2 aromatic heterocycles. The quantitative estimate of drug-likeness (QED) is 0.772. The number of nitrogens with one attached hydrogen (secondary N) is 1. The molecule has 0 atom stereocenters. The average Bonchev–Trinajstić information content (AvgIpc) is 2.97. The Morgan fingerprint density at radius 2 is 1.80 bits per heavy atom. The van der Waals surface area contributed by atoms with Crippen molar-refractivity contribution >= 4 is 28.6 Å². The lowest BCUT2D eigenvalue weighted by molar-refractivity contribution is 1.08. The number of thiazole rings is 1. The van der Waals surface area contributed by atoms with E-state index in [0.717, 1.165) is 27.0 Å². The highest BCUT2D eigenvalue weighted by molar-refractivity contribution is 7.13. The number of rotatable bonds is 4. The highest BCUT2D eigenvalue weighted by Gasteiger charge is 2.04. The second kappa shape index (κ2) is 6.03. The van der Waals surface area contributed by atoms with Gasteiger partial charge in [-0.25, -0.2) is 4.98 Å². The Bertz CT molecular complexity index is 680. The van der Waals surface area contributed by atoms with E-state index < -0.39 is 0 Å². The van der Waals surface area contributed by atoms with Crippen LogP contribution < -0.4 is 5.32 Å². The van der Waals surface area contributed by atoms with Crippen LogP contribution in [0.2, 0.25) is 5.02 Å². The minimum absolute atomic E-state index is 0.698. The molecule has 0 unspecified atom stereocenters. The maximum Gasteiger partial charge on any atom is 0.123 e. The summed E-state index contributed by atoms with van der Waals surface area (Å²) in [4.78, 5) is 8.63. The summed E-state index contributed by atoms with van der Waals surface area (Å²) in [5.41, 5.74) is 3.16. The number of benzene rings is 1. The van der Waals surface area contributed by atoms with Crippen molar-refractivity contribution in [3.8, 4) is 10.6 Å². The number of anilines is 1. The Kier molecular flexibility index (Phi) is 3.95. The molecule has 3 rings (SSSR count). The van der Waals surface area contributed by atoms with Gasteiger partial charge in [0.2, 0.25) is 0 Å². The van der Waals surface area contributed by atoms with Crippen molar-refractivity contribution in [2.45, 2.75) is 6.54 Å². The number of hydrogen-bond donors (Lipinski definition) is 1. The molecular weight excluding hydrogens is 290 g/mol. The topological polar surface area (TPSA) is 37.8 Å². The van der Waals surface area contributed by atoms with E-state index in [1.165, 1.54) is 0 Å². The normalized spacial score (nSPS) is 10.4. The molecule has 0 fully saturated rings. The van der Waals surface area contributed by atoms with Gasteiger partial charge < -0.3 is 5.32 Å². The SMILES string of the molecule is Clc1ccc(NCc2csc(-c3ccncc3)n2)cc1. The highest BCUT2D eigenvalue weighted by Crippen LogP contribution is 2.23. The van der Waals surface area contributed by atoms with E-state index in [-0.39, 0.29) is 0 Å². The van der Waals surface area contributed by atoms with E-state index in [4.69, 9.17) is 11.6 Å². The molecule has 0 bridgehead atoms. The summed E-state index contributed by atoms with van der Waals surface area (Å²) in [5, 5.41) is 7.15. The molecule has 0 radical (unpaired) electrons. The van der Waals surface area contributed by atoms with Crippen molar-refractivity contribution in [1.29, 1.82) is 0 Å². The van der Waals surface area contributed by atoms with Gasteiger partial charge in [-0.2, -0.15) is 0 Å². The Balaban J connectivity index is 1.67. The van der Waals surface area contributed by atoms with Gasteiger partial charge >= 0.3 is 0 Å². The summed E-state index contributed by atoms with van der Waals surface area (Å²) in [6.07, 6.45) is 3.56. The largest absolute Gasteiger partial charge is 0.379 e. The molecule has 0 aliphatic heterocycles. The number of pyridine rings is 1. The van der Waals surface area contributed by atoms with Gasteiger partial charge in [0.15, 0.2) is 0 Å². The average molecular weight is 302 g/mol. The summed E-state index contributed by atoms with van der Waals surface area (Å²) in [7, 11) is 0. The van der Waals surface area contributed by atoms with Crippen LogP contribution >= 0.6 is 22.9 Å². The molecule has 0 spiro atoms. The van der Waals surface area contributed by atoms with E-state index in [1.54, 1.807) is 23.7 Å². The summed E-state index contributed by atoms with van der Waals surface area (Å²) in [6.45, 7) is 0.698. The zero-order valence-corrected chi connectivity index (χ0v) is 12.2. The minimum atomic E-state index is 0.698. The van der Waals surface area contributed by atoms with Crippen LogP contribution in [0.5, 0.6) is 0 Å². The molecule has 0 saturated heterocycles. The zero-order chi connectivity index (χ0) is 13.8. The van der Waals surface area contributed by atoms with Crippen molar-refractivity contribution in [3.63, 3.8) is 0 Å². The molecule has 1 aromatic carbocycles. The van der Waals surface area contributed by atoms with Crippen LogP contribution in [-0.4, -0.2) is 9.97 Å². The van der Waals surface area contributed by atoms with E-state index in [1.807, 2.05) is 36.4 Å². The highest BCUT2D eigenvalue weighted by atomic mass is 35.5. The molecular formula is C15H12ClN3S. The van der Waals surface area contributed by atoms with Crippen molar-refractivity contribution < 1.29 is 0 Å². The molecule has 0 aliphatic rings. The zero-order valence-electron chi connectivity index (χ0n) is 10.6. The van der Waals surface area contributed by atoms with Crippen LogP contribution in [0.1, 0.15) is 5.69 Å². The first-order valence-corrected chi connectivity index (χ1v) is 7.41. The van der Waals surface area contributed by atoms with Crippen LogP contribution in [0.15, 0.2) is 54.2 Å². The van der Waals surface area contributed by atoms with Gasteiger partial charge in [-0.1, -0.05) is 11.6 Å². The lowest BCUT2D eigenvalue weighted by atomic mass is 10.3. The standard InChI is InChI=1S/C15H12ClN3S/c16-12-1-3-13(4-2-12)18-9-14-10-20-15(19-14)11-5-7-17-8-6-11/h1-8,10,18H,9H2. The van der Waals surface area contributed by atoms with Gasteiger partial charge in [-0.3, -0.25) is 4.98 Å². The van der Waals surface area contributed by atoms with Crippen molar-refractivity contribution in [3.05, 3.63) is 64.9 Å². The van der Waals surface area contributed by atoms with Gasteiger partial charge in [-0.05, 0) is 36.4 Å². The predicted octanol–water partition coefficient (Wildman–Crippen LogP) is 4.47. The van der Waals surface area contributed by atoms with E-state index in [9.17, 15) is 0 Å². The maximum atomic E-state index is 5.86. The fourth-order valence-corrected chi connectivity index (χ4v) is 2.73. The van der Waals surface area contributed by atoms with Crippen molar-refractivity contribution in [2.24, 2.45) is 0 Å². The first-order valence-electron chi connectivity index (χ1n) is 6.15. The molecule has 5 heteroatoms. The van der Waals surface area contributed by atoms with Crippen LogP contribution in [0, 0.1) is 0 Å². The first-order chi connectivity index (χ1) is 9.81. The van der Waals surface area contributed by atoms with E-state index in [0.29, 0.717) is 6.54 Å². The van der Waals surface area contributed by atoms with Crippen LogP contribution in [0.25, 0.3) is 10.6 Å². The second-order valence-corrected chi connectivity index (χ2v) is 5.53. The van der Waals surface area contributed by atoms with E-state index >= 15 is 0 Å². The minimum Gasteiger partial charge on any atom is -0.379 e. The maximum absolute atomic E-state index is 5.86.